The SMILES string of the molecule is COCCC(C)Oc1ccc(Br)cc1C#N. The van der Waals surface area contributed by atoms with Gasteiger partial charge in [-0.2, -0.15) is 5.26 Å². The Balaban J connectivity index is 2.70. The van der Waals surface area contributed by atoms with Gasteiger partial charge in [0.15, 0.2) is 0 Å². The summed E-state index contributed by atoms with van der Waals surface area (Å²) in [5.74, 6) is 0.620. The third-order valence-corrected chi connectivity index (χ3v) is 2.61. The van der Waals surface area contributed by atoms with E-state index < -0.39 is 0 Å². The molecule has 0 aliphatic rings. The summed E-state index contributed by atoms with van der Waals surface area (Å²) in [5.41, 5.74) is 0.540. The minimum Gasteiger partial charge on any atom is -0.489 e. The van der Waals surface area contributed by atoms with E-state index in [-0.39, 0.29) is 6.10 Å². The first-order valence-corrected chi connectivity index (χ1v) is 5.82. The summed E-state index contributed by atoms with van der Waals surface area (Å²) in [4.78, 5) is 0. The van der Waals surface area contributed by atoms with Crippen LogP contribution in [0.5, 0.6) is 5.75 Å². The Morgan fingerprint density at radius 2 is 2.25 bits per heavy atom. The zero-order valence-electron chi connectivity index (χ0n) is 9.37. The molecule has 0 fully saturated rings. The Bertz CT molecular complexity index is 387. The molecule has 86 valence electrons. The highest BCUT2D eigenvalue weighted by Gasteiger charge is 2.08. The highest BCUT2D eigenvalue weighted by atomic mass is 79.9. The Hall–Kier alpha value is -1.05. The van der Waals surface area contributed by atoms with E-state index in [4.69, 9.17) is 14.7 Å². The van der Waals surface area contributed by atoms with Crippen molar-refractivity contribution in [3.05, 3.63) is 28.2 Å². The lowest BCUT2D eigenvalue weighted by atomic mass is 10.2. The van der Waals surface area contributed by atoms with Gasteiger partial charge in [0.05, 0.1) is 11.7 Å². The van der Waals surface area contributed by atoms with Crippen molar-refractivity contribution >= 4 is 15.9 Å². The van der Waals surface area contributed by atoms with Crippen molar-refractivity contribution in [3.63, 3.8) is 0 Å². The van der Waals surface area contributed by atoms with Crippen LogP contribution in [-0.4, -0.2) is 19.8 Å². The van der Waals surface area contributed by atoms with Gasteiger partial charge >= 0.3 is 0 Å². The summed E-state index contributed by atoms with van der Waals surface area (Å²) in [7, 11) is 1.66. The molecule has 0 saturated carbocycles. The van der Waals surface area contributed by atoms with Crippen molar-refractivity contribution in [2.75, 3.05) is 13.7 Å². The van der Waals surface area contributed by atoms with Gasteiger partial charge in [0.25, 0.3) is 0 Å². The lowest BCUT2D eigenvalue weighted by molar-refractivity contribution is 0.135. The number of nitrogens with zero attached hydrogens (tertiary/aromatic N) is 1. The Morgan fingerprint density at radius 1 is 1.50 bits per heavy atom. The topological polar surface area (TPSA) is 42.2 Å². The van der Waals surface area contributed by atoms with Crippen LogP contribution in [0.25, 0.3) is 0 Å². The van der Waals surface area contributed by atoms with Gasteiger partial charge in [-0.05, 0) is 25.1 Å². The quantitative estimate of drug-likeness (QED) is 0.834. The van der Waals surface area contributed by atoms with Gasteiger partial charge in [-0.15, -0.1) is 0 Å². The second-order valence-electron chi connectivity index (χ2n) is 3.46. The lowest BCUT2D eigenvalue weighted by Gasteiger charge is -2.15. The predicted octanol–water partition coefficient (Wildman–Crippen LogP) is 3.12. The van der Waals surface area contributed by atoms with Gasteiger partial charge in [0.2, 0.25) is 0 Å². The van der Waals surface area contributed by atoms with Gasteiger partial charge in [-0.25, -0.2) is 0 Å². The molecule has 1 aromatic carbocycles. The number of hydrogen-bond acceptors (Lipinski definition) is 3. The summed E-state index contributed by atoms with van der Waals surface area (Å²) in [6.45, 7) is 2.61. The molecule has 0 bridgehead atoms. The van der Waals surface area contributed by atoms with E-state index in [1.807, 2.05) is 13.0 Å². The second-order valence-corrected chi connectivity index (χ2v) is 4.38. The highest BCUT2D eigenvalue weighted by Crippen LogP contribution is 2.23. The van der Waals surface area contributed by atoms with Crippen LogP contribution in [-0.2, 0) is 4.74 Å². The summed E-state index contributed by atoms with van der Waals surface area (Å²) < 4.78 is 11.5. The van der Waals surface area contributed by atoms with Gasteiger partial charge in [-0.1, -0.05) is 15.9 Å². The molecule has 0 aliphatic heterocycles. The molecule has 0 radical (unpaired) electrons. The van der Waals surface area contributed by atoms with Gasteiger partial charge in [0.1, 0.15) is 11.8 Å². The average molecular weight is 284 g/mol. The van der Waals surface area contributed by atoms with Gasteiger partial charge in [-0.3, -0.25) is 0 Å². The number of benzene rings is 1. The summed E-state index contributed by atoms with van der Waals surface area (Å²) in [5, 5.41) is 8.96. The lowest BCUT2D eigenvalue weighted by Crippen LogP contribution is -2.14. The molecule has 16 heavy (non-hydrogen) atoms. The van der Waals surface area contributed by atoms with Crippen molar-refractivity contribution in [2.45, 2.75) is 19.4 Å². The fraction of sp³-hybridized carbons (Fsp3) is 0.417. The summed E-state index contributed by atoms with van der Waals surface area (Å²) in [6, 6.07) is 7.52. The first kappa shape index (κ1) is 13.0. The molecule has 1 atom stereocenters. The Kier molecular flexibility index (Phi) is 5.30. The van der Waals surface area contributed by atoms with Crippen molar-refractivity contribution in [1.82, 2.24) is 0 Å². The molecule has 0 heterocycles. The molecule has 3 nitrogen and oxygen atoms in total. The van der Waals surface area contributed by atoms with Crippen LogP contribution in [0.1, 0.15) is 18.9 Å². The van der Waals surface area contributed by atoms with E-state index in [0.717, 1.165) is 10.9 Å². The summed E-state index contributed by atoms with van der Waals surface area (Å²) in [6.07, 6.45) is 0.838. The van der Waals surface area contributed by atoms with Crippen LogP contribution in [0.3, 0.4) is 0 Å². The molecule has 1 unspecified atom stereocenters. The van der Waals surface area contributed by atoms with Crippen LogP contribution in [0.15, 0.2) is 22.7 Å². The Labute approximate surface area is 104 Å². The van der Waals surface area contributed by atoms with Gasteiger partial charge < -0.3 is 9.47 Å². The largest absolute Gasteiger partial charge is 0.489 e. The molecular weight excluding hydrogens is 270 g/mol. The smallest absolute Gasteiger partial charge is 0.137 e. The number of rotatable bonds is 5. The van der Waals surface area contributed by atoms with E-state index in [1.54, 1.807) is 19.2 Å². The van der Waals surface area contributed by atoms with Crippen molar-refractivity contribution < 1.29 is 9.47 Å². The van der Waals surface area contributed by atoms with E-state index in [1.165, 1.54) is 0 Å². The molecule has 4 heteroatoms. The minimum atomic E-state index is 0.0354. The third-order valence-electron chi connectivity index (χ3n) is 2.12. The third kappa shape index (κ3) is 3.84. The molecule has 0 aromatic heterocycles. The number of ether oxygens (including phenoxy) is 2. The first-order chi connectivity index (χ1) is 7.67. The molecule has 0 N–H and O–H groups in total. The summed E-state index contributed by atoms with van der Waals surface area (Å²) >= 11 is 3.32. The van der Waals surface area contributed by atoms with Crippen molar-refractivity contribution in [3.8, 4) is 11.8 Å². The Morgan fingerprint density at radius 3 is 2.88 bits per heavy atom. The first-order valence-electron chi connectivity index (χ1n) is 5.02. The maximum atomic E-state index is 8.96. The normalized spacial score (nSPS) is 11.9. The van der Waals surface area contributed by atoms with Gasteiger partial charge in [0, 0.05) is 24.6 Å². The van der Waals surface area contributed by atoms with E-state index in [0.29, 0.717) is 17.9 Å². The van der Waals surface area contributed by atoms with Crippen LogP contribution >= 0.6 is 15.9 Å². The molecule has 0 saturated heterocycles. The maximum Gasteiger partial charge on any atom is 0.137 e. The highest BCUT2D eigenvalue weighted by molar-refractivity contribution is 9.10. The van der Waals surface area contributed by atoms with E-state index in [9.17, 15) is 0 Å². The monoisotopic (exact) mass is 283 g/mol. The van der Waals surface area contributed by atoms with Crippen molar-refractivity contribution in [2.24, 2.45) is 0 Å². The van der Waals surface area contributed by atoms with Crippen molar-refractivity contribution in [1.29, 1.82) is 5.26 Å². The van der Waals surface area contributed by atoms with Crippen LogP contribution in [0.4, 0.5) is 0 Å². The zero-order chi connectivity index (χ0) is 12.0. The van der Waals surface area contributed by atoms with Crippen LogP contribution in [0, 0.1) is 11.3 Å². The molecular formula is C12H14BrNO2. The van der Waals surface area contributed by atoms with E-state index >= 15 is 0 Å². The number of nitriles is 1. The fourth-order valence-corrected chi connectivity index (χ4v) is 1.61. The maximum absolute atomic E-state index is 8.96. The number of halogens is 1. The molecule has 0 aliphatic carbocycles. The zero-order valence-corrected chi connectivity index (χ0v) is 11.0. The second kappa shape index (κ2) is 6.51. The molecule has 1 rings (SSSR count). The van der Waals surface area contributed by atoms with E-state index in [2.05, 4.69) is 22.0 Å². The number of hydrogen-bond donors (Lipinski definition) is 0. The minimum absolute atomic E-state index is 0.0354. The molecule has 0 spiro atoms. The molecule has 1 aromatic rings. The fourth-order valence-electron chi connectivity index (χ4n) is 1.25. The molecule has 0 amide bonds. The van der Waals surface area contributed by atoms with Crippen LogP contribution < -0.4 is 4.74 Å². The predicted molar refractivity (Wildman–Crippen MR) is 65.4 cm³/mol. The average Bonchev–Trinajstić information content (AvgIpc) is 2.28. The number of methoxy groups -OCH3 is 1. The van der Waals surface area contributed by atoms with Crippen LogP contribution in [0.2, 0.25) is 0 Å². The standard InChI is InChI=1S/C12H14BrNO2/c1-9(5-6-15-2)16-12-4-3-11(13)7-10(12)8-14/h3-4,7,9H,5-6H2,1-2H3.